The topological polar surface area (TPSA) is 45.5 Å². The molecule has 1 saturated carbocycles. The molecule has 140 valence electrons. The van der Waals surface area contributed by atoms with Crippen molar-refractivity contribution in [1.82, 2.24) is 10.2 Å². The van der Waals surface area contributed by atoms with Crippen LogP contribution in [0.4, 0.5) is 0 Å². The van der Waals surface area contributed by atoms with Crippen molar-refractivity contribution < 1.29 is 9.21 Å². The van der Waals surface area contributed by atoms with Gasteiger partial charge in [-0.2, -0.15) is 0 Å². The number of nitrogens with one attached hydrogen (secondary N) is 1. The van der Waals surface area contributed by atoms with E-state index in [1.54, 1.807) is 17.6 Å². The van der Waals surface area contributed by atoms with E-state index in [1.807, 2.05) is 36.4 Å². The zero-order valence-electron chi connectivity index (χ0n) is 15.3. The van der Waals surface area contributed by atoms with Gasteiger partial charge in [0.1, 0.15) is 5.76 Å². The minimum absolute atomic E-state index is 0.0710. The summed E-state index contributed by atoms with van der Waals surface area (Å²) in [6, 6.07) is 18.3. The van der Waals surface area contributed by atoms with E-state index in [1.165, 1.54) is 10.4 Å². The predicted octanol–water partition coefficient (Wildman–Crippen LogP) is 4.54. The second-order valence-electron chi connectivity index (χ2n) is 7.15. The first-order valence-corrected chi connectivity index (χ1v) is 10.3. The molecule has 0 aliphatic heterocycles. The lowest BCUT2D eigenvalue weighted by molar-refractivity contribution is -0.125. The van der Waals surface area contributed by atoms with E-state index in [-0.39, 0.29) is 11.4 Å². The van der Waals surface area contributed by atoms with Gasteiger partial charge in [-0.15, -0.1) is 11.3 Å². The van der Waals surface area contributed by atoms with Crippen LogP contribution in [-0.2, 0) is 23.4 Å². The van der Waals surface area contributed by atoms with Gasteiger partial charge in [-0.05, 0) is 48.4 Å². The van der Waals surface area contributed by atoms with E-state index in [0.717, 1.165) is 31.6 Å². The fraction of sp³-hybridized carbons (Fsp3) is 0.318. The van der Waals surface area contributed by atoms with E-state index in [0.29, 0.717) is 13.1 Å². The first-order chi connectivity index (χ1) is 13.2. The van der Waals surface area contributed by atoms with Crippen LogP contribution in [0.3, 0.4) is 0 Å². The average Bonchev–Trinajstić information content (AvgIpc) is 3.33. The maximum atomic E-state index is 12.9. The number of thiophene rings is 1. The average molecular weight is 381 g/mol. The maximum absolute atomic E-state index is 12.9. The summed E-state index contributed by atoms with van der Waals surface area (Å²) in [5.74, 6) is 0.947. The van der Waals surface area contributed by atoms with Crippen molar-refractivity contribution in [2.24, 2.45) is 0 Å². The summed E-state index contributed by atoms with van der Waals surface area (Å²) in [5, 5.41) is 5.40. The molecule has 1 aromatic carbocycles. The number of furan rings is 1. The fourth-order valence-corrected chi connectivity index (χ4v) is 4.44. The molecule has 0 atom stereocenters. The van der Waals surface area contributed by atoms with E-state index < -0.39 is 0 Å². The van der Waals surface area contributed by atoms with Crippen molar-refractivity contribution in [3.8, 4) is 0 Å². The molecular weight excluding hydrogens is 356 g/mol. The minimum Gasteiger partial charge on any atom is -0.468 e. The molecule has 4 rings (SSSR count). The Bertz CT molecular complexity index is 804. The summed E-state index contributed by atoms with van der Waals surface area (Å²) < 4.78 is 5.50. The number of hydrogen-bond acceptors (Lipinski definition) is 4. The Morgan fingerprint density at radius 1 is 1.07 bits per heavy atom. The summed E-state index contributed by atoms with van der Waals surface area (Å²) in [6.45, 7) is 1.72. The van der Waals surface area contributed by atoms with Crippen LogP contribution in [0.25, 0.3) is 0 Å². The Morgan fingerprint density at radius 3 is 2.56 bits per heavy atom. The van der Waals surface area contributed by atoms with E-state index in [2.05, 4.69) is 33.8 Å². The Morgan fingerprint density at radius 2 is 1.93 bits per heavy atom. The second-order valence-corrected chi connectivity index (χ2v) is 8.19. The van der Waals surface area contributed by atoms with Crippen LogP contribution in [0, 0.1) is 0 Å². The summed E-state index contributed by atoms with van der Waals surface area (Å²) in [6.07, 6.45) is 4.84. The van der Waals surface area contributed by atoms with Gasteiger partial charge in [-0.1, -0.05) is 36.4 Å². The molecule has 3 aromatic rings. The van der Waals surface area contributed by atoms with Gasteiger partial charge in [0.05, 0.1) is 24.9 Å². The highest BCUT2D eigenvalue weighted by atomic mass is 32.1. The molecule has 0 spiro atoms. The molecule has 1 amide bonds. The van der Waals surface area contributed by atoms with Gasteiger partial charge in [0.2, 0.25) is 5.91 Å². The first-order valence-electron chi connectivity index (χ1n) is 9.37. The van der Waals surface area contributed by atoms with Crippen LogP contribution >= 0.6 is 11.3 Å². The van der Waals surface area contributed by atoms with Crippen LogP contribution in [0.2, 0.25) is 0 Å². The number of carbonyl (C=O) groups is 1. The number of nitrogens with zero attached hydrogens (tertiary/aromatic N) is 1. The SMILES string of the molecule is O=C(CN(Cc1ccco1)Cc1cccs1)NC1(c2ccccc2)CCC1. The highest BCUT2D eigenvalue weighted by Crippen LogP contribution is 2.41. The summed E-state index contributed by atoms with van der Waals surface area (Å²) in [4.78, 5) is 16.3. The van der Waals surface area contributed by atoms with Crippen LogP contribution in [0.5, 0.6) is 0 Å². The third-order valence-electron chi connectivity index (χ3n) is 5.20. The lowest BCUT2D eigenvalue weighted by Crippen LogP contribution is -2.53. The molecule has 2 aromatic heterocycles. The molecule has 4 nitrogen and oxygen atoms in total. The first kappa shape index (κ1) is 18.0. The maximum Gasteiger partial charge on any atom is 0.234 e. The van der Waals surface area contributed by atoms with Gasteiger partial charge in [-0.3, -0.25) is 9.69 Å². The third kappa shape index (κ3) is 4.31. The molecule has 1 N–H and O–H groups in total. The molecule has 5 heteroatoms. The minimum atomic E-state index is -0.197. The molecule has 1 fully saturated rings. The van der Waals surface area contributed by atoms with Crippen molar-refractivity contribution in [2.45, 2.75) is 37.9 Å². The van der Waals surface area contributed by atoms with Gasteiger partial charge < -0.3 is 9.73 Å². The van der Waals surface area contributed by atoms with Crippen molar-refractivity contribution in [3.05, 3.63) is 82.4 Å². The van der Waals surface area contributed by atoms with E-state index in [9.17, 15) is 4.79 Å². The second kappa shape index (κ2) is 8.11. The van der Waals surface area contributed by atoms with Gasteiger partial charge in [0.15, 0.2) is 0 Å². The number of hydrogen-bond donors (Lipinski definition) is 1. The monoisotopic (exact) mass is 380 g/mol. The van der Waals surface area contributed by atoms with Crippen LogP contribution in [-0.4, -0.2) is 17.4 Å². The Labute approximate surface area is 163 Å². The summed E-state index contributed by atoms with van der Waals surface area (Å²) >= 11 is 1.71. The summed E-state index contributed by atoms with van der Waals surface area (Å²) in [5.41, 5.74) is 1.01. The Kier molecular flexibility index (Phi) is 5.41. The number of benzene rings is 1. The highest BCUT2D eigenvalue weighted by molar-refractivity contribution is 7.09. The third-order valence-corrected chi connectivity index (χ3v) is 6.06. The van der Waals surface area contributed by atoms with Gasteiger partial charge in [-0.25, -0.2) is 0 Å². The summed E-state index contributed by atoms with van der Waals surface area (Å²) in [7, 11) is 0. The van der Waals surface area contributed by atoms with Crippen LogP contribution in [0.1, 0.15) is 35.5 Å². The van der Waals surface area contributed by atoms with E-state index >= 15 is 0 Å². The van der Waals surface area contributed by atoms with Crippen molar-refractivity contribution >= 4 is 17.2 Å². The zero-order valence-corrected chi connectivity index (χ0v) is 16.1. The molecule has 1 aliphatic carbocycles. The van der Waals surface area contributed by atoms with Gasteiger partial charge in [0, 0.05) is 11.4 Å². The number of amides is 1. The molecule has 27 heavy (non-hydrogen) atoms. The lowest BCUT2D eigenvalue weighted by atomic mass is 9.72. The number of rotatable bonds is 8. The molecule has 2 heterocycles. The quantitative estimate of drug-likeness (QED) is 0.624. The normalized spacial score (nSPS) is 15.4. The highest BCUT2D eigenvalue weighted by Gasteiger charge is 2.39. The van der Waals surface area contributed by atoms with Crippen molar-refractivity contribution in [2.75, 3.05) is 6.54 Å². The van der Waals surface area contributed by atoms with Crippen LogP contribution in [0.15, 0.2) is 70.7 Å². The standard InChI is InChI=1S/C22H24N2O2S/c25-21(23-22(11-6-12-22)18-7-2-1-3-8-18)17-24(15-19-9-4-13-26-19)16-20-10-5-14-27-20/h1-5,7-10,13-14H,6,11-12,15-17H2,(H,23,25). The van der Waals surface area contributed by atoms with Gasteiger partial charge >= 0.3 is 0 Å². The Balaban J connectivity index is 1.44. The lowest BCUT2D eigenvalue weighted by Gasteiger charge is -2.43. The van der Waals surface area contributed by atoms with E-state index in [4.69, 9.17) is 4.42 Å². The van der Waals surface area contributed by atoms with Crippen molar-refractivity contribution in [3.63, 3.8) is 0 Å². The van der Waals surface area contributed by atoms with Crippen molar-refractivity contribution in [1.29, 1.82) is 0 Å². The Hall–Kier alpha value is -2.37. The molecule has 1 aliphatic rings. The molecule has 0 saturated heterocycles. The predicted molar refractivity (Wildman–Crippen MR) is 107 cm³/mol. The van der Waals surface area contributed by atoms with Crippen LogP contribution < -0.4 is 5.32 Å². The largest absolute Gasteiger partial charge is 0.468 e. The molecular formula is C22H24N2O2S. The number of carbonyl (C=O) groups excluding carboxylic acids is 1. The smallest absolute Gasteiger partial charge is 0.234 e. The molecule has 0 unspecified atom stereocenters. The molecule has 0 bridgehead atoms. The molecule has 0 radical (unpaired) electrons. The van der Waals surface area contributed by atoms with Gasteiger partial charge in [0.25, 0.3) is 0 Å². The zero-order chi connectivity index (χ0) is 18.5. The fourth-order valence-electron chi connectivity index (χ4n) is 3.70.